The van der Waals surface area contributed by atoms with E-state index in [1.165, 1.54) is 13.8 Å². The number of aliphatic carboxylic acids is 1. The Bertz CT molecular complexity index is 2930. The lowest BCUT2D eigenvalue weighted by molar-refractivity contribution is -0.142. The summed E-state index contributed by atoms with van der Waals surface area (Å²) in [4.78, 5) is 191. The Balaban J connectivity index is 2.47. The van der Waals surface area contributed by atoms with Gasteiger partial charge in [-0.15, -0.1) is 0 Å². The quantitative estimate of drug-likeness (QED) is 0.0170. The predicted octanol–water partition coefficient (Wildman–Crippen LogP) is -4.16. The maximum absolute atomic E-state index is 14.5. The van der Waals surface area contributed by atoms with Gasteiger partial charge in [0.05, 0.1) is 19.0 Å². The van der Waals surface area contributed by atoms with Crippen LogP contribution in [0.15, 0.2) is 65.7 Å². The minimum absolute atomic E-state index is 0.0304. The van der Waals surface area contributed by atoms with Gasteiger partial charge in [-0.25, -0.2) is 4.79 Å². The Morgan fingerprint density at radius 2 is 0.817 bits per heavy atom. The third-order valence-corrected chi connectivity index (χ3v) is 14.3. The van der Waals surface area contributed by atoms with Gasteiger partial charge in [0.2, 0.25) is 76.8 Å². The second kappa shape index (κ2) is 40.2. The van der Waals surface area contributed by atoms with E-state index in [0.29, 0.717) is 11.1 Å². The number of carbonyl (C=O) groups is 14. The van der Waals surface area contributed by atoms with E-state index in [0.717, 1.165) is 0 Å². The van der Waals surface area contributed by atoms with E-state index >= 15 is 0 Å². The average molecular weight is 1310 g/mol. The summed E-state index contributed by atoms with van der Waals surface area (Å²) in [5, 5.41) is 35.2. The van der Waals surface area contributed by atoms with Gasteiger partial charge < -0.3 is 92.7 Å². The first-order chi connectivity index (χ1) is 43.6. The summed E-state index contributed by atoms with van der Waals surface area (Å²) >= 11 is 0. The van der Waals surface area contributed by atoms with Crippen molar-refractivity contribution in [2.75, 3.05) is 13.1 Å². The number of primary amides is 3. The molecule has 0 bridgehead atoms. The fourth-order valence-electron chi connectivity index (χ4n) is 9.22. The van der Waals surface area contributed by atoms with Gasteiger partial charge in [-0.2, -0.15) is 0 Å². The largest absolute Gasteiger partial charge is 0.480 e. The predicted molar refractivity (Wildman–Crippen MR) is 341 cm³/mol. The van der Waals surface area contributed by atoms with Crippen LogP contribution in [0, 0.1) is 23.7 Å². The third-order valence-electron chi connectivity index (χ3n) is 14.3. The van der Waals surface area contributed by atoms with Crippen molar-refractivity contribution in [3.63, 3.8) is 0 Å². The Hall–Kier alpha value is -9.75. The van der Waals surface area contributed by atoms with Crippen LogP contribution in [-0.2, 0) is 80.0 Å². The molecule has 514 valence electrons. The summed E-state index contributed by atoms with van der Waals surface area (Å²) in [5.41, 5.74) is 34.2. The molecule has 0 spiro atoms. The molecule has 32 nitrogen and oxygen atoms in total. The third kappa shape index (κ3) is 30.3. The SMILES string of the molecule is CC(C)C[C@H](NC(=O)[C@@H](NC(=O)CNC(=O)[C@@H](N)CCC(N)=O)C(C)C)C(=O)N[C@@H](CCC(N)=O)C(=O)N[C@@H](CC(N)=O)C(=O)N[C@H](C(=O)N[C@@H](CCCN=C(N)N)C(=O)N[C@@H](Cc1ccccc1)C(=O)N[C@H](C(=O)N[C@@H](Cc1ccccc1)C(=O)O)C(C)C)C(C)C. The zero-order valence-corrected chi connectivity index (χ0v) is 53.9. The normalized spacial score (nSPS) is 14.3. The van der Waals surface area contributed by atoms with Gasteiger partial charge in [0.15, 0.2) is 5.96 Å². The van der Waals surface area contributed by atoms with Gasteiger partial charge in [-0.1, -0.05) is 116 Å². The minimum Gasteiger partial charge on any atom is -0.480 e. The lowest BCUT2D eigenvalue weighted by Gasteiger charge is -2.29. The zero-order valence-electron chi connectivity index (χ0n) is 53.9. The fourth-order valence-corrected chi connectivity index (χ4v) is 9.22. The molecule has 2 aromatic rings. The number of hydrogen-bond donors (Lipinski definition) is 17. The highest BCUT2D eigenvalue weighted by atomic mass is 16.4. The highest BCUT2D eigenvalue weighted by Gasteiger charge is 2.38. The molecule has 0 aliphatic rings. The number of carbonyl (C=O) groups excluding carboxylic acids is 13. The van der Waals surface area contributed by atoms with Crippen molar-refractivity contribution in [1.82, 2.24) is 53.2 Å². The number of carboxylic acids is 1. The molecule has 0 aliphatic carbocycles. The first kappa shape index (κ1) is 79.3. The van der Waals surface area contributed by atoms with Crippen LogP contribution >= 0.6 is 0 Å². The fraction of sp³-hybridized carbons (Fsp3) is 0.557. The molecular formula is C61H95N17O15. The summed E-state index contributed by atoms with van der Waals surface area (Å²) in [5.74, 6) is -15.8. The highest BCUT2D eigenvalue weighted by molar-refractivity contribution is 6.00. The van der Waals surface area contributed by atoms with Crippen LogP contribution < -0.4 is 87.6 Å². The lowest BCUT2D eigenvalue weighted by Crippen LogP contribution is -2.62. The first-order valence-electron chi connectivity index (χ1n) is 30.6. The maximum Gasteiger partial charge on any atom is 0.326 e. The average Bonchev–Trinajstić information content (AvgIpc) is 0.967. The highest BCUT2D eigenvalue weighted by Crippen LogP contribution is 2.14. The van der Waals surface area contributed by atoms with Gasteiger partial charge >= 0.3 is 5.97 Å². The number of nitrogens with zero attached hydrogens (tertiary/aromatic N) is 1. The molecule has 32 heteroatoms. The Labute approximate surface area is 540 Å². The smallest absolute Gasteiger partial charge is 0.326 e. The van der Waals surface area contributed by atoms with Crippen LogP contribution in [0.4, 0.5) is 0 Å². The number of hydrogen-bond acceptors (Lipinski definition) is 16. The Morgan fingerprint density at radius 1 is 0.430 bits per heavy atom. The Morgan fingerprint density at radius 3 is 1.27 bits per heavy atom. The van der Waals surface area contributed by atoms with E-state index in [-0.39, 0.29) is 63.4 Å². The zero-order chi connectivity index (χ0) is 70.2. The van der Waals surface area contributed by atoms with Gasteiger partial charge in [0, 0.05) is 32.2 Å². The van der Waals surface area contributed by atoms with Gasteiger partial charge in [0.25, 0.3) is 0 Å². The number of aliphatic imine (C=N–C) groups is 1. The molecular weight excluding hydrogens is 1210 g/mol. The maximum atomic E-state index is 14.5. The van der Waals surface area contributed by atoms with E-state index in [9.17, 15) is 72.2 Å². The summed E-state index contributed by atoms with van der Waals surface area (Å²) in [6.45, 7) is 12.3. The second-order valence-electron chi connectivity index (χ2n) is 23.9. The summed E-state index contributed by atoms with van der Waals surface area (Å²) in [6, 6.07) is 2.52. The van der Waals surface area contributed by atoms with Gasteiger partial charge in [0.1, 0.15) is 54.4 Å². The van der Waals surface area contributed by atoms with Crippen LogP contribution in [0.25, 0.3) is 0 Å². The van der Waals surface area contributed by atoms with Crippen molar-refractivity contribution in [1.29, 1.82) is 0 Å². The number of benzene rings is 2. The minimum atomic E-state index is -1.86. The van der Waals surface area contributed by atoms with Crippen LogP contribution in [0.1, 0.15) is 118 Å². The van der Waals surface area contributed by atoms with E-state index in [1.807, 2.05) is 0 Å². The number of guanidine groups is 1. The summed E-state index contributed by atoms with van der Waals surface area (Å²) in [7, 11) is 0. The van der Waals surface area contributed by atoms with Crippen molar-refractivity contribution >= 4 is 88.7 Å². The Kier molecular flexibility index (Phi) is 34.3. The molecule has 0 radical (unpaired) electrons. The number of nitrogens with two attached hydrogens (primary N) is 6. The van der Waals surface area contributed by atoms with Crippen LogP contribution in [0.5, 0.6) is 0 Å². The second-order valence-corrected chi connectivity index (χ2v) is 23.9. The molecule has 93 heavy (non-hydrogen) atoms. The van der Waals surface area contributed by atoms with E-state index < -0.39 is 187 Å². The first-order valence-corrected chi connectivity index (χ1v) is 30.6. The molecule has 0 aromatic heterocycles. The number of nitrogens with one attached hydrogen (secondary N) is 10. The number of rotatable bonds is 42. The van der Waals surface area contributed by atoms with Crippen molar-refractivity contribution in [2.45, 2.75) is 180 Å². The molecule has 2 rings (SSSR count). The van der Waals surface area contributed by atoms with Crippen molar-refractivity contribution < 1.29 is 72.2 Å². The molecule has 2 aromatic carbocycles. The van der Waals surface area contributed by atoms with Crippen LogP contribution in [0.3, 0.4) is 0 Å². The van der Waals surface area contributed by atoms with Crippen LogP contribution in [0.2, 0.25) is 0 Å². The standard InChI is InChI=1S/C61H95N17O15/c1-31(2)26-40(74-57(89)48(32(3)4)76-47(82)30-69-51(83)37(62)21-23-44(63)79)54(86)70-39(22-24-45(64)80)53(85)73-42(29-46(65)81)56(88)78-49(33(5)6)58(90)71-38(20-15-25-68-61(66)67)52(84)72-41(27-35-16-11-9-12-17-35)55(87)77-50(34(7)8)59(91)75-43(60(92)93)28-36-18-13-10-14-19-36/h9-14,16-19,31-34,37-43,48-50H,15,20-30,62H2,1-8H3,(H2,63,79)(H2,64,80)(H2,65,81)(H,69,83)(H,70,86)(H,71,90)(H,72,84)(H,73,85)(H,74,89)(H,75,91)(H,76,82)(H,77,87)(H,78,88)(H,92,93)(H4,66,67,68)/t37-,38-,39-,40-,41-,42-,43-,48-,49-,50-/m0/s1. The molecule has 0 unspecified atom stereocenters. The monoisotopic (exact) mass is 1310 g/mol. The molecule has 0 aliphatic heterocycles. The molecule has 13 amide bonds. The molecule has 10 atom stereocenters. The van der Waals surface area contributed by atoms with Crippen molar-refractivity contribution in [3.05, 3.63) is 71.8 Å². The summed E-state index contributed by atoms with van der Waals surface area (Å²) < 4.78 is 0. The topological polar surface area (TPSA) is 548 Å². The van der Waals surface area contributed by atoms with Crippen molar-refractivity contribution in [3.8, 4) is 0 Å². The van der Waals surface area contributed by atoms with E-state index in [4.69, 9.17) is 34.4 Å². The van der Waals surface area contributed by atoms with Crippen LogP contribution in [-0.4, -0.2) is 167 Å². The summed E-state index contributed by atoms with van der Waals surface area (Å²) in [6.07, 6.45) is -2.48. The van der Waals surface area contributed by atoms with E-state index in [1.54, 1.807) is 102 Å². The number of carboxylic acid groups (broad SMARTS) is 1. The molecule has 0 saturated carbocycles. The molecule has 0 fully saturated rings. The van der Waals surface area contributed by atoms with E-state index in [2.05, 4.69) is 58.2 Å². The number of amides is 13. The molecule has 0 saturated heterocycles. The molecule has 23 N–H and O–H groups in total. The lowest BCUT2D eigenvalue weighted by atomic mass is 9.99. The van der Waals surface area contributed by atoms with Gasteiger partial charge in [-0.05, 0) is 66.9 Å². The van der Waals surface area contributed by atoms with Crippen molar-refractivity contribution in [2.24, 2.45) is 63.1 Å². The van der Waals surface area contributed by atoms with Gasteiger partial charge in [-0.3, -0.25) is 67.3 Å². The molecule has 0 heterocycles.